The lowest BCUT2D eigenvalue weighted by Crippen LogP contribution is -2.45. The summed E-state index contributed by atoms with van der Waals surface area (Å²) in [5.74, 6) is -0.0578. The number of ether oxygens (including phenoxy) is 1. The maximum absolute atomic E-state index is 12.5. The van der Waals surface area contributed by atoms with Crippen molar-refractivity contribution in [3.63, 3.8) is 0 Å². The molecule has 1 amide bonds. The molecule has 0 aliphatic heterocycles. The van der Waals surface area contributed by atoms with Gasteiger partial charge in [-0.25, -0.2) is 0 Å². The molecule has 0 radical (unpaired) electrons. The number of nitrogens with one attached hydrogen (secondary N) is 1. The van der Waals surface area contributed by atoms with Crippen LogP contribution in [0.15, 0.2) is 48.6 Å². The topological polar surface area (TPSA) is 95.9 Å². The van der Waals surface area contributed by atoms with Gasteiger partial charge < -0.3 is 20.3 Å². The first-order chi connectivity index (χ1) is 41.5. The summed E-state index contributed by atoms with van der Waals surface area (Å²) < 4.78 is 5.48. The molecular weight excluding hydrogens is 1030 g/mol. The van der Waals surface area contributed by atoms with E-state index in [1.54, 1.807) is 6.08 Å². The number of carbonyl (C=O) groups excluding carboxylic acids is 2. The molecule has 0 rings (SSSR count). The van der Waals surface area contributed by atoms with Gasteiger partial charge in [-0.3, -0.25) is 9.59 Å². The standard InChI is InChI=1S/C78H147NO5/c1-3-5-7-9-11-13-15-17-18-19-20-34-37-40-43-47-50-54-58-62-66-70-76(81)75(74-80)79-77(82)71-67-63-59-55-51-48-44-41-38-35-32-30-28-26-24-22-21-23-25-27-29-31-33-36-39-42-45-49-53-57-61-65-69-73-84-78(83)72-68-64-60-56-52-46-16-14-12-10-8-6-4-2/h8,10,14,16,25,27,66,70,75-76,80-81H,3-7,9,11-13,15,17-24,26,28-65,67-69,71-74H2,1-2H3,(H,79,82)/b10-8-,16-14-,27-25-,70-66+. The number of carbonyl (C=O) groups is 2. The van der Waals surface area contributed by atoms with Crippen molar-refractivity contribution in [2.75, 3.05) is 13.2 Å². The third-order valence-corrected chi connectivity index (χ3v) is 17.5. The Balaban J connectivity index is 3.38. The van der Waals surface area contributed by atoms with E-state index in [4.69, 9.17) is 4.74 Å². The number of hydrogen-bond donors (Lipinski definition) is 3. The molecule has 0 heterocycles. The smallest absolute Gasteiger partial charge is 0.305 e. The molecule has 0 aliphatic carbocycles. The van der Waals surface area contributed by atoms with Gasteiger partial charge in [0.15, 0.2) is 0 Å². The van der Waals surface area contributed by atoms with E-state index in [1.807, 2.05) is 6.08 Å². The Hall–Kier alpha value is -2.18. The SMILES string of the molecule is CCC/C=C\C/C=C\CCCCCCCC(=O)OCCCCCCCCCCCCCC/C=C\CCCCCCCCCCCCCCCCCCCC(=O)NC(CO)C(O)/C=C/CCCCCCCCCCCCCCCCCCCCC. The molecule has 0 spiro atoms. The van der Waals surface area contributed by atoms with E-state index in [2.05, 4.69) is 55.6 Å². The zero-order valence-corrected chi connectivity index (χ0v) is 56.6. The highest BCUT2D eigenvalue weighted by atomic mass is 16.5. The van der Waals surface area contributed by atoms with E-state index in [0.29, 0.717) is 19.4 Å². The highest BCUT2D eigenvalue weighted by molar-refractivity contribution is 5.76. The maximum Gasteiger partial charge on any atom is 0.305 e. The van der Waals surface area contributed by atoms with Gasteiger partial charge in [0.2, 0.25) is 5.91 Å². The first-order valence-electron chi connectivity index (χ1n) is 37.9. The third-order valence-electron chi connectivity index (χ3n) is 17.5. The summed E-state index contributed by atoms with van der Waals surface area (Å²) in [5, 5.41) is 23.3. The molecule has 6 heteroatoms. The largest absolute Gasteiger partial charge is 0.466 e. The van der Waals surface area contributed by atoms with Crippen LogP contribution >= 0.6 is 0 Å². The highest BCUT2D eigenvalue weighted by Crippen LogP contribution is 2.19. The Labute approximate surface area is 525 Å². The molecule has 0 saturated carbocycles. The number of amides is 1. The van der Waals surface area contributed by atoms with Gasteiger partial charge in [-0.05, 0) is 83.5 Å². The molecule has 2 unspecified atom stereocenters. The second-order valence-corrected chi connectivity index (χ2v) is 26.0. The maximum atomic E-state index is 12.5. The number of aliphatic hydroxyl groups is 2. The van der Waals surface area contributed by atoms with Crippen LogP contribution in [0.5, 0.6) is 0 Å². The van der Waals surface area contributed by atoms with Crippen LogP contribution in [0.3, 0.4) is 0 Å². The Morgan fingerprint density at radius 1 is 0.333 bits per heavy atom. The van der Waals surface area contributed by atoms with Gasteiger partial charge in [0.1, 0.15) is 0 Å². The normalized spacial score (nSPS) is 12.8. The van der Waals surface area contributed by atoms with Crippen molar-refractivity contribution in [3.8, 4) is 0 Å². The van der Waals surface area contributed by atoms with Gasteiger partial charge in [0, 0.05) is 12.8 Å². The van der Waals surface area contributed by atoms with E-state index in [-0.39, 0.29) is 18.5 Å². The fourth-order valence-electron chi connectivity index (χ4n) is 11.8. The Kier molecular flexibility index (Phi) is 71.4. The lowest BCUT2D eigenvalue weighted by molar-refractivity contribution is -0.143. The molecule has 494 valence electrons. The molecular formula is C78H147NO5. The number of allylic oxidation sites excluding steroid dienone is 7. The predicted octanol–water partition coefficient (Wildman–Crippen LogP) is 24.8. The molecule has 0 aliphatic rings. The van der Waals surface area contributed by atoms with Crippen LogP contribution in [-0.2, 0) is 14.3 Å². The molecule has 0 aromatic heterocycles. The van der Waals surface area contributed by atoms with Gasteiger partial charge in [0.25, 0.3) is 0 Å². The van der Waals surface area contributed by atoms with Gasteiger partial charge in [0.05, 0.1) is 25.4 Å². The lowest BCUT2D eigenvalue weighted by Gasteiger charge is -2.20. The number of unbranched alkanes of at least 4 members (excludes halogenated alkanes) is 54. The molecule has 0 saturated heterocycles. The second kappa shape index (κ2) is 73.3. The molecule has 0 bridgehead atoms. The van der Waals surface area contributed by atoms with Gasteiger partial charge in [-0.15, -0.1) is 0 Å². The number of hydrogen-bond acceptors (Lipinski definition) is 5. The zero-order valence-electron chi connectivity index (χ0n) is 56.6. The lowest BCUT2D eigenvalue weighted by atomic mass is 10.0. The minimum Gasteiger partial charge on any atom is -0.466 e. The molecule has 84 heavy (non-hydrogen) atoms. The molecule has 2 atom stereocenters. The van der Waals surface area contributed by atoms with Crippen molar-refractivity contribution in [3.05, 3.63) is 48.6 Å². The van der Waals surface area contributed by atoms with Gasteiger partial charge in [-0.1, -0.05) is 364 Å². The summed E-state index contributed by atoms with van der Waals surface area (Å²) in [7, 11) is 0. The van der Waals surface area contributed by atoms with Crippen molar-refractivity contribution in [1.29, 1.82) is 0 Å². The number of aliphatic hydroxyl groups excluding tert-OH is 2. The van der Waals surface area contributed by atoms with Crippen molar-refractivity contribution >= 4 is 11.9 Å². The van der Waals surface area contributed by atoms with Crippen molar-refractivity contribution in [2.24, 2.45) is 0 Å². The van der Waals surface area contributed by atoms with Crippen LogP contribution in [0.4, 0.5) is 0 Å². The average molecular weight is 1180 g/mol. The van der Waals surface area contributed by atoms with Gasteiger partial charge in [-0.2, -0.15) is 0 Å². The van der Waals surface area contributed by atoms with Gasteiger partial charge >= 0.3 is 5.97 Å². The second-order valence-electron chi connectivity index (χ2n) is 26.0. The van der Waals surface area contributed by atoms with E-state index in [0.717, 1.165) is 51.4 Å². The van der Waals surface area contributed by atoms with E-state index in [1.165, 1.54) is 334 Å². The minimum absolute atomic E-state index is 0.00323. The summed E-state index contributed by atoms with van der Waals surface area (Å²) in [6, 6.07) is -0.627. The highest BCUT2D eigenvalue weighted by Gasteiger charge is 2.18. The van der Waals surface area contributed by atoms with E-state index in [9.17, 15) is 19.8 Å². The fraction of sp³-hybridized carbons (Fsp3) is 0.872. The van der Waals surface area contributed by atoms with Crippen LogP contribution in [0.25, 0.3) is 0 Å². The summed E-state index contributed by atoms with van der Waals surface area (Å²) in [6.07, 6.45) is 96.5. The predicted molar refractivity (Wildman–Crippen MR) is 370 cm³/mol. The Morgan fingerprint density at radius 2 is 0.619 bits per heavy atom. The molecule has 0 fully saturated rings. The van der Waals surface area contributed by atoms with Crippen molar-refractivity contribution < 1.29 is 24.5 Å². The third kappa shape index (κ3) is 68.9. The van der Waals surface area contributed by atoms with Crippen LogP contribution in [0.1, 0.15) is 412 Å². The number of esters is 1. The molecule has 0 aromatic rings. The summed E-state index contributed by atoms with van der Waals surface area (Å²) in [6.45, 7) is 4.87. The van der Waals surface area contributed by atoms with Crippen LogP contribution in [-0.4, -0.2) is 47.4 Å². The summed E-state index contributed by atoms with van der Waals surface area (Å²) >= 11 is 0. The van der Waals surface area contributed by atoms with Crippen LogP contribution in [0, 0.1) is 0 Å². The number of rotatable bonds is 71. The average Bonchev–Trinajstić information content (AvgIpc) is 3.51. The fourth-order valence-corrected chi connectivity index (χ4v) is 11.8. The summed E-state index contributed by atoms with van der Waals surface area (Å²) in [4.78, 5) is 24.6. The van der Waals surface area contributed by atoms with E-state index < -0.39 is 12.1 Å². The monoisotopic (exact) mass is 1180 g/mol. The van der Waals surface area contributed by atoms with Crippen LogP contribution < -0.4 is 5.32 Å². The summed E-state index contributed by atoms with van der Waals surface area (Å²) in [5.41, 5.74) is 0. The van der Waals surface area contributed by atoms with Crippen molar-refractivity contribution in [2.45, 2.75) is 424 Å². The van der Waals surface area contributed by atoms with Crippen LogP contribution in [0.2, 0.25) is 0 Å². The quantitative estimate of drug-likeness (QED) is 0.0320. The Morgan fingerprint density at radius 3 is 0.964 bits per heavy atom. The zero-order chi connectivity index (χ0) is 60.6. The Bertz CT molecular complexity index is 1400. The first-order valence-corrected chi connectivity index (χ1v) is 37.9. The molecule has 0 aromatic carbocycles. The first kappa shape index (κ1) is 81.8. The minimum atomic E-state index is -0.844. The van der Waals surface area contributed by atoms with E-state index >= 15 is 0 Å². The molecule has 6 nitrogen and oxygen atoms in total. The molecule has 3 N–H and O–H groups in total. The van der Waals surface area contributed by atoms with Crippen molar-refractivity contribution in [1.82, 2.24) is 5.32 Å².